The Kier molecular flexibility index (Phi) is 1.72. The Balaban J connectivity index is 3.43. The molecule has 0 amide bonds. The van der Waals surface area contributed by atoms with Gasteiger partial charge in [-0.1, -0.05) is 12.2 Å². The van der Waals surface area contributed by atoms with E-state index in [0.29, 0.717) is 10.5 Å². The van der Waals surface area contributed by atoms with Crippen molar-refractivity contribution >= 4 is 18.0 Å². The molecule has 0 saturated carbocycles. The van der Waals surface area contributed by atoms with Crippen LogP contribution in [0.1, 0.15) is 11.4 Å². The zero-order chi connectivity index (χ0) is 7.72. The van der Waals surface area contributed by atoms with Crippen LogP contribution < -0.4 is 5.73 Å². The van der Waals surface area contributed by atoms with Crippen LogP contribution in [0.5, 0.6) is 0 Å². The predicted octanol–water partition coefficient (Wildman–Crippen LogP) is 1.34. The van der Waals surface area contributed by atoms with Gasteiger partial charge in [-0.3, -0.25) is 0 Å². The average Bonchev–Trinajstić information content (AvgIpc) is 1.84. The van der Waals surface area contributed by atoms with E-state index in [1.54, 1.807) is 0 Å². The van der Waals surface area contributed by atoms with Gasteiger partial charge in [-0.15, -0.1) is 0 Å². The SMILES string of the molecule is Cc1nc(N)c(=S)[nH]c1C. The number of nitrogens with two attached hydrogens (primary N) is 1. The van der Waals surface area contributed by atoms with E-state index in [4.69, 9.17) is 18.0 Å². The Morgan fingerprint density at radius 1 is 1.50 bits per heavy atom. The minimum Gasteiger partial charge on any atom is -0.381 e. The lowest BCUT2D eigenvalue weighted by atomic mass is 10.3. The summed E-state index contributed by atoms with van der Waals surface area (Å²) in [7, 11) is 0. The maximum Gasteiger partial charge on any atom is 0.158 e. The molecule has 54 valence electrons. The minimum absolute atomic E-state index is 0.401. The number of H-pyrrole nitrogens is 1. The van der Waals surface area contributed by atoms with Gasteiger partial charge in [0.25, 0.3) is 0 Å². The van der Waals surface area contributed by atoms with E-state index in [9.17, 15) is 0 Å². The van der Waals surface area contributed by atoms with Crippen molar-refractivity contribution in [1.82, 2.24) is 9.97 Å². The van der Waals surface area contributed by atoms with Gasteiger partial charge in [-0.05, 0) is 13.8 Å². The monoisotopic (exact) mass is 155 g/mol. The highest BCUT2D eigenvalue weighted by atomic mass is 32.1. The van der Waals surface area contributed by atoms with E-state index in [0.717, 1.165) is 11.4 Å². The van der Waals surface area contributed by atoms with Crippen molar-refractivity contribution in [3.05, 3.63) is 16.0 Å². The van der Waals surface area contributed by atoms with Gasteiger partial charge in [-0.25, -0.2) is 4.98 Å². The second-order valence-electron chi connectivity index (χ2n) is 2.16. The summed E-state index contributed by atoms with van der Waals surface area (Å²) < 4.78 is 0.517. The van der Waals surface area contributed by atoms with E-state index < -0.39 is 0 Å². The zero-order valence-electron chi connectivity index (χ0n) is 5.93. The molecule has 0 unspecified atom stereocenters. The average molecular weight is 155 g/mol. The normalized spacial score (nSPS) is 9.80. The van der Waals surface area contributed by atoms with E-state index in [-0.39, 0.29) is 0 Å². The highest BCUT2D eigenvalue weighted by molar-refractivity contribution is 7.71. The van der Waals surface area contributed by atoms with E-state index >= 15 is 0 Å². The Labute approximate surface area is 64.3 Å². The largest absolute Gasteiger partial charge is 0.381 e. The number of nitrogens with zero attached hydrogens (tertiary/aromatic N) is 1. The van der Waals surface area contributed by atoms with Crippen molar-refractivity contribution in [2.45, 2.75) is 13.8 Å². The fourth-order valence-electron chi connectivity index (χ4n) is 0.640. The molecule has 10 heavy (non-hydrogen) atoms. The number of nitrogens with one attached hydrogen (secondary N) is 1. The van der Waals surface area contributed by atoms with Gasteiger partial charge in [-0.2, -0.15) is 0 Å². The summed E-state index contributed by atoms with van der Waals surface area (Å²) >= 11 is 4.86. The molecule has 0 radical (unpaired) electrons. The molecule has 3 N–H and O–H groups in total. The molecule has 1 heterocycles. The lowest BCUT2D eigenvalue weighted by Gasteiger charge is -1.99. The first kappa shape index (κ1) is 7.21. The van der Waals surface area contributed by atoms with Crippen LogP contribution in [-0.4, -0.2) is 9.97 Å². The maximum absolute atomic E-state index is 5.44. The van der Waals surface area contributed by atoms with Crippen LogP contribution >= 0.6 is 12.2 Å². The zero-order valence-corrected chi connectivity index (χ0v) is 6.75. The predicted molar refractivity (Wildman–Crippen MR) is 43.3 cm³/mol. The number of nitrogen functional groups attached to an aromatic ring is 1. The van der Waals surface area contributed by atoms with Crippen LogP contribution in [-0.2, 0) is 0 Å². The summed E-state index contributed by atoms with van der Waals surface area (Å²) in [5.41, 5.74) is 7.31. The molecule has 0 aliphatic rings. The molecule has 4 heteroatoms. The molecule has 0 spiro atoms. The summed E-state index contributed by atoms with van der Waals surface area (Å²) in [5, 5.41) is 0. The Morgan fingerprint density at radius 2 is 2.10 bits per heavy atom. The van der Waals surface area contributed by atoms with Crippen molar-refractivity contribution in [2.24, 2.45) is 0 Å². The Hall–Kier alpha value is -0.900. The van der Waals surface area contributed by atoms with E-state index in [2.05, 4.69) is 9.97 Å². The third-order valence-corrected chi connectivity index (χ3v) is 1.68. The van der Waals surface area contributed by atoms with Gasteiger partial charge in [0.15, 0.2) is 5.82 Å². The van der Waals surface area contributed by atoms with E-state index in [1.165, 1.54) is 0 Å². The van der Waals surface area contributed by atoms with Gasteiger partial charge < -0.3 is 10.7 Å². The Bertz CT molecular complexity index is 302. The second kappa shape index (κ2) is 2.38. The van der Waals surface area contributed by atoms with Crippen molar-refractivity contribution in [3.63, 3.8) is 0 Å². The molecule has 0 atom stereocenters. The molecule has 0 aliphatic heterocycles. The van der Waals surface area contributed by atoms with Gasteiger partial charge >= 0.3 is 0 Å². The molecule has 0 fully saturated rings. The van der Waals surface area contributed by atoms with Gasteiger partial charge in [0.05, 0.1) is 5.69 Å². The van der Waals surface area contributed by atoms with Crippen molar-refractivity contribution in [1.29, 1.82) is 0 Å². The molecular weight excluding hydrogens is 146 g/mol. The molecule has 0 aromatic carbocycles. The fraction of sp³-hybridized carbons (Fsp3) is 0.333. The molecule has 0 saturated heterocycles. The van der Waals surface area contributed by atoms with E-state index in [1.807, 2.05) is 13.8 Å². The number of aryl methyl sites for hydroxylation is 2. The molecule has 0 aliphatic carbocycles. The van der Waals surface area contributed by atoms with Gasteiger partial charge in [0.1, 0.15) is 4.64 Å². The number of aromatic amines is 1. The summed E-state index contributed by atoms with van der Waals surface area (Å²) in [4.78, 5) is 6.95. The van der Waals surface area contributed by atoms with Crippen LogP contribution in [0.2, 0.25) is 0 Å². The van der Waals surface area contributed by atoms with Gasteiger partial charge in [0.2, 0.25) is 0 Å². The third kappa shape index (κ3) is 1.16. The van der Waals surface area contributed by atoms with Gasteiger partial charge in [0, 0.05) is 5.69 Å². The smallest absolute Gasteiger partial charge is 0.158 e. The number of anilines is 1. The Morgan fingerprint density at radius 3 is 2.60 bits per heavy atom. The lowest BCUT2D eigenvalue weighted by Crippen LogP contribution is -1.98. The second-order valence-corrected chi connectivity index (χ2v) is 2.57. The molecule has 3 nitrogen and oxygen atoms in total. The molecule has 1 aromatic rings. The summed E-state index contributed by atoms with van der Waals surface area (Å²) in [6.07, 6.45) is 0. The van der Waals surface area contributed by atoms with Crippen LogP contribution in [0.15, 0.2) is 0 Å². The number of rotatable bonds is 0. The first-order valence-electron chi connectivity index (χ1n) is 2.94. The lowest BCUT2D eigenvalue weighted by molar-refractivity contribution is 1.04. The van der Waals surface area contributed by atoms with Crippen LogP contribution in [0.25, 0.3) is 0 Å². The highest BCUT2D eigenvalue weighted by Gasteiger charge is 1.95. The van der Waals surface area contributed by atoms with Crippen LogP contribution in [0, 0.1) is 18.5 Å². The van der Waals surface area contributed by atoms with Crippen molar-refractivity contribution in [3.8, 4) is 0 Å². The maximum atomic E-state index is 5.44. The number of hydrogen-bond acceptors (Lipinski definition) is 3. The molecule has 0 bridgehead atoms. The molecule has 1 rings (SSSR count). The van der Waals surface area contributed by atoms with Crippen molar-refractivity contribution in [2.75, 3.05) is 5.73 Å². The fourth-order valence-corrected chi connectivity index (χ4v) is 0.839. The first-order valence-corrected chi connectivity index (χ1v) is 3.35. The highest BCUT2D eigenvalue weighted by Crippen LogP contribution is 2.03. The minimum atomic E-state index is 0.401. The summed E-state index contributed by atoms with van der Waals surface area (Å²) in [6.45, 7) is 3.80. The topological polar surface area (TPSA) is 54.7 Å². The first-order chi connectivity index (χ1) is 4.61. The van der Waals surface area contributed by atoms with Crippen molar-refractivity contribution < 1.29 is 0 Å². The third-order valence-electron chi connectivity index (χ3n) is 1.36. The molecule has 1 aromatic heterocycles. The quantitative estimate of drug-likeness (QED) is 0.556. The summed E-state index contributed by atoms with van der Waals surface area (Å²) in [6, 6.07) is 0. The summed E-state index contributed by atoms with van der Waals surface area (Å²) in [5.74, 6) is 0.401. The molecular formula is C6H9N3S. The number of aromatic nitrogens is 2. The van der Waals surface area contributed by atoms with Crippen LogP contribution in [0.3, 0.4) is 0 Å². The standard InChI is InChI=1S/C6H9N3S/c1-3-4(2)9-6(10)5(7)8-3/h1-2H3,(H2,7,8)(H,9,10). The van der Waals surface area contributed by atoms with Crippen LogP contribution in [0.4, 0.5) is 5.82 Å². The number of hydrogen-bond donors (Lipinski definition) is 2.